The molecule has 1 heterocycles. The normalized spacial score (nSPS) is 10.4. The van der Waals surface area contributed by atoms with E-state index in [2.05, 4.69) is 20.5 Å². The molecule has 0 spiro atoms. The molecule has 0 fully saturated rings. The number of nitrogens with one attached hydrogen (secondary N) is 2. The summed E-state index contributed by atoms with van der Waals surface area (Å²) in [6.07, 6.45) is 0.339. The minimum absolute atomic E-state index is 0.139. The highest BCUT2D eigenvalue weighted by Crippen LogP contribution is 2.19. The van der Waals surface area contributed by atoms with Gasteiger partial charge in [-0.2, -0.15) is 0 Å². The number of hydrogen-bond donors (Lipinski definition) is 2. The van der Waals surface area contributed by atoms with Gasteiger partial charge in [0.25, 0.3) is 5.56 Å². The van der Waals surface area contributed by atoms with Gasteiger partial charge in [-0.15, -0.1) is 10.2 Å². The highest BCUT2D eigenvalue weighted by atomic mass is 16.5. The summed E-state index contributed by atoms with van der Waals surface area (Å²) < 4.78 is 10.2. The zero-order valence-corrected chi connectivity index (χ0v) is 15.6. The SMILES string of the molecule is CCOC(=O)c1ccccc1Nc1nnc(Cc2ccc(OC)cc2)c(=O)[nH]1. The summed E-state index contributed by atoms with van der Waals surface area (Å²) in [7, 11) is 1.59. The Bertz CT molecular complexity index is 1020. The maximum absolute atomic E-state index is 12.4. The summed E-state index contributed by atoms with van der Waals surface area (Å²) in [5, 5.41) is 10.9. The molecular weight excluding hydrogens is 360 g/mol. The average Bonchev–Trinajstić information content (AvgIpc) is 2.71. The Balaban J connectivity index is 1.78. The summed E-state index contributed by atoms with van der Waals surface area (Å²) in [6.45, 7) is 2.00. The quantitative estimate of drug-likeness (QED) is 0.607. The molecule has 0 aliphatic rings. The number of ether oxygens (including phenoxy) is 2. The molecule has 0 radical (unpaired) electrons. The lowest BCUT2D eigenvalue weighted by molar-refractivity contribution is 0.0527. The molecule has 144 valence electrons. The van der Waals surface area contributed by atoms with Crippen LogP contribution in [0.3, 0.4) is 0 Å². The van der Waals surface area contributed by atoms with E-state index in [1.165, 1.54) is 0 Å². The zero-order chi connectivity index (χ0) is 19.9. The van der Waals surface area contributed by atoms with Crippen molar-refractivity contribution in [2.24, 2.45) is 0 Å². The number of rotatable bonds is 7. The van der Waals surface area contributed by atoms with Crippen molar-refractivity contribution in [3.8, 4) is 5.75 Å². The van der Waals surface area contributed by atoms with Crippen LogP contribution in [-0.4, -0.2) is 34.9 Å². The van der Waals surface area contributed by atoms with Crippen LogP contribution in [0.2, 0.25) is 0 Å². The average molecular weight is 380 g/mol. The number of carbonyl (C=O) groups is 1. The summed E-state index contributed by atoms with van der Waals surface area (Å²) in [5.41, 5.74) is 1.65. The van der Waals surface area contributed by atoms with Crippen LogP contribution in [0.1, 0.15) is 28.5 Å². The number of anilines is 2. The van der Waals surface area contributed by atoms with Crippen LogP contribution in [0.4, 0.5) is 11.6 Å². The first-order chi connectivity index (χ1) is 13.6. The third-order valence-electron chi connectivity index (χ3n) is 3.97. The van der Waals surface area contributed by atoms with Gasteiger partial charge in [0.05, 0.1) is 25.0 Å². The van der Waals surface area contributed by atoms with Crippen LogP contribution in [-0.2, 0) is 11.2 Å². The van der Waals surface area contributed by atoms with E-state index < -0.39 is 5.97 Å². The van der Waals surface area contributed by atoms with E-state index >= 15 is 0 Å². The minimum Gasteiger partial charge on any atom is -0.497 e. The Kier molecular flexibility index (Phi) is 6.01. The summed E-state index contributed by atoms with van der Waals surface area (Å²) >= 11 is 0. The Hall–Kier alpha value is -3.68. The smallest absolute Gasteiger partial charge is 0.340 e. The lowest BCUT2D eigenvalue weighted by Gasteiger charge is -2.10. The number of H-pyrrole nitrogens is 1. The van der Waals surface area contributed by atoms with Crippen molar-refractivity contribution >= 4 is 17.6 Å². The number of para-hydroxylation sites is 1. The molecule has 28 heavy (non-hydrogen) atoms. The number of aromatic nitrogens is 3. The standard InChI is InChI=1S/C20H20N4O4/c1-3-28-19(26)15-6-4-5-7-16(15)21-20-22-18(25)17(23-24-20)12-13-8-10-14(27-2)11-9-13/h4-11H,3,12H2,1-2H3,(H2,21,22,24,25). The minimum atomic E-state index is -0.461. The van der Waals surface area contributed by atoms with Gasteiger partial charge in [0.15, 0.2) is 0 Å². The second-order valence-electron chi connectivity index (χ2n) is 5.87. The third kappa shape index (κ3) is 4.53. The van der Waals surface area contributed by atoms with E-state index in [1.807, 2.05) is 24.3 Å². The van der Waals surface area contributed by atoms with Gasteiger partial charge in [0, 0.05) is 6.42 Å². The van der Waals surface area contributed by atoms with Crippen LogP contribution in [0.5, 0.6) is 5.75 Å². The molecule has 2 aromatic carbocycles. The van der Waals surface area contributed by atoms with Crippen molar-refractivity contribution < 1.29 is 14.3 Å². The van der Waals surface area contributed by atoms with Crippen LogP contribution in [0.25, 0.3) is 0 Å². The Morgan fingerprint density at radius 1 is 1.11 bits per heavy atom. The van der Waals surface area contributed by atoms with Crippen molar-refractivity contribution in [3.63, 3.8) is 0 Å². The van der Waals surface area contributed by atoms with Crippen LogP contribution in [0.15, 0.2) is 53.3 Å². The van der Waals surface area contributed by atoms with Crippen molar-refractivity contribution in [1.29, 1.82) is 0 Å². The predicted molar refractivity (Wildman–Crippen MR) is 104 cm³/mol. The van der Waals surface area contributed by atoms with Crippen LogP contribution in [0, 0.1) is 0 Å². The molecule has 0 amide bonds. The van der Waals surface area contributed by atoms with E-state index in [4.69, 9.17) is 9.47 Å². The highest BCUT2D eigenvalue weighted by Gasteiger charge is 2.13. The molecule has 0 aliphatic heterocycles. The molecule has 0 saturated heterocycles. The van der Waals surface area contributed by atoms with Gasteiger partial charge in [-0.3, -0.25) is 9.78 Å². The zero-order valence-electron chi connectivity index (χ0n) is 15.6. The largest absolute Gasteiger partial charge is 0.497 e. The molecule has 1 aromatic heterocycles. The number of benzene rings is 2. The van der Waals surface area contributed by atoms with E-state index in [9.17, 15) is 9.59 Å². The summed E-state index contributed by atoms with van der Waals surface area (Å²) in [5.74, 6) is 0.417. The second-order valence-corrected chi connectivity index (χ2v) is 5.87. The fourth-order valence-corrected chi connectivity index (χ4v) is 2.58. The van der Waals surface area contributed by atoms with Crippen LogP contribution < -0.4 is 15.6 Å². The number of aromatic amines is 1. The maximum Gasteiger partial charge on any atom is 0.340 e. The lowest BCUT2D eigenvalue weighted by atomic mass is 10.1. The van der Waals surface area contributed by atoms with Crippen molar-refractivity contribution in [2.75, 3.05) is 19.0 Å². The molecule has 0 bridgehead atoms. The van der Waals surface area contributed by atoms with Crippen molar-refractivity contribution in [1.82, 2.24) is 15.2 Å². The first-order valence-electron chi connectivity index (χ1n) is 8.72. The maximum atomic E-state index is 12.4. The number of methoxy groups -OCH3 is 1. The van der Waals surface area contributed by atoms with E-state index in [0.29, 0.717) is 17.7 Å². The Morgan fingerprint density at radius 2 is 1.86 bits per heavy atom. The summed E-state index contributed by atoms with van der Waals surface area (Å²) in [4.78, 5) is 27.1. The monoisotopic (exact) mass is 380 g/mol. The van der Waals surface area contributed by atoms with E-state index in [-0.39, 0.29) is 23.8 Å². The van der Waals surface area contributed by atoms with Gasteiger partial charge in [-0.25, -0.2) is 4.79 Å². The first kappa shape index (κ1) is 19.1. The topological polar surface area (TPSA) is 106 Å². The lowest BCUT2D eigenvalue weighted by Crippen LogP contribution is -2.19. The predicted octanol–water partition coefficient (Wildman–Crippen LogP) is 2.68. The number of hydrogen-bond acceptors (Lipinski definition) is 7. The molecular formula is C20H20N4O4. The fraction of sp³-hybridized carbons (Fsp3) is 0.200. The second kappa shape index (κ2) is 8.81. The molecule has 8 heteroatoms. The van der Waals surface area contributed by atoms with Gasteiger partial charge in [0.2, 0.25) is 5.95 Å². The van der Waals surface area contributed by atoms with Gasteiger partial charge < -0.3 is 14.8 Å². The van der Waals surface area contributed by atoms with Gasteiger partial charge in [0.1, 0.15) is 11.4 Å². The molecule has 3 aromatic rings. The number of carbonyl (C=O) groups excluding carboxylic acids is 1. The van der Waals surface area contributed by atoms with Crippen molar-refractivity contribution in [2.45, 2.75) is 13.3 Å². The molecule has 0 aliphatic carbocycles. The Labute approximate surface area is 161 Å². The van der Waals surface area contributed by atoms with Gasteiger partial charge in [-0.1, -0.05) is 24.3 Å². The van der Waals surface area contributed by atoms with Gasteiger partial charge in [-0.05, 0) is 36.8 Å². The molecule has 0 atom stereocenters. The van der Waals surface area contributed by atoms with Gasteiger partial charge >= 0.3 is 5.97 Å². The highest BCUT2D eigenvalue weighted by molar-refractivity contribution is 5.96. The number of esters is 1. The number of nitrogens with zero attached hydrogens (tertiary/aromatic N) is 2. The first-order valence-corrected chi connectivity index (χ1v) is 8.72. The molecule has 0 unspecified atom stereocenters. The third-order valence-corrected chi connectivity index (χ3v) is 3.97. The van der Waals surface area contributed by atoms with Crippen molar-refractivity contribution in [3.05, 3.63) is 75.7 Å². The van der Waals surface area contributed by atoms with Crippen LogP contribution >= 0.6 is 0 Å². The summed E-state index contributed by atoms with van der Waals surface area (Å²) in [6, 6.07) is 14.2. The molecule has 8 nitrogen and oxygen atoms in total. The Morgan fingerprint density at radius 3 is 2.54 bits per heavy atom. The molecule has 3 rings (SSSR count). The van der Waals surface area contributed by atoms with E-state index in [1.54, 1.807) is 38.3 Å². The molecule has 0 saturated carbocycles. The molecule has 2 N–H and O–H groups in total. The van der Waals surface area contributed by atoms with E-state index in [0.717, 1.165) is 11.3 Å². The fourth-order valence-electron chi connectivity index (χ4n) is 2.58.